The van der Waals surface area contributed by atoms with E-state index >= 15 is 0 Å². The first-order valence-corrected chi connectivity index (χ1v) is 8.35. The zero-order valence-electron chi connectivity index (χ0n) is 12.2. The summed E-state index contributed by atoms with van der Waals surface area (Å²) in [5, 5.41) is 1.64. The Kier molecular flexibility index (Phi) is 3.35. The Hall–Kier alpha value is -1.45. The second-order valence-electron chi connectivity index (χ2n) is 5.99. The third kappa shape index (κ3) is 2.15. The van der Waals surface area contributed by atoms with Gasteiger partial charge in [-0.05, 0) is 20.3 Å². The van der Waals surface area contributed by atoms with Crippen molar-refractivity contribution in [3.8, 4) is 0 Å². The third-order valence-corrected chi connectivity index (χ3v) is 6.19. The van der Waals surface area contributed by atoms with E-state index in [0.717, 1.165) is 0 Å². The molecule has 0 spiro atoms. The molecule has 0 saturated carbocycles. The average Bonchev–Trinajstić information content (AvgIpc) is 2.92. The smallest absolute Gasteiger partial charge is 0.325 e. The Morgan fingerprint density at radius 2 is 2.14 bits per heavy atom. The average molecular weight is 331 g/mol. The fourth-order valence-electron chi connectivity index (χ4n) is 3.27. The Morgan fingerprint density at radius 3 is 2.77 bits per heavy atom. The first-order valence-electron chi connectivity index (χ1n) is 6.88. The molecule has 3 heterocycles. The zero-order chi connectivity index (χ0) is 16.3. The molecule has 0 aromatic rings. The Balaban J connectivity index is 1.65. The first-order chi connectivity index (χ1) is 10.1. The van der Waals surface area contributed by atoms with Crippen molar-refractivity contribution in [3.05, 3.63) is 12.2 Å². The molecule has 0 aliphatic carbocycles. The number of carbonyl (C=O) groups excluding carboxylic acids is 2. The number of hydrogen-bond donors (Lipinski definition) is 1. The van der Waals surface area contributed by atoms with Gasteiger partial charge in [0.2, 0.25) is 5.91 Å². The Labute approximate surface area is 127 Å². The highest BCUT2D eigenvalue weighted by Crippen LogP contribution is 2.54. The highest BCUT2D eigenvalue weighted by atomic mass is 32.2. The summed E-state index contributed by atoms with van der Waals surface area (Å²) in [5.41, 5.74) is -0.702. The minimum atomic E-state index is -3.69. The quantitative estimate of drug-likeness (QED) is 0.410. The van der Waals surface area contributed by atoms with Crippen LogP contribution in [-0.4, -0.2) is 56.0 Å². The fourth-order valence-corrected chi connectivity index (χ4v) is 5.18. The van der Waals surface area contributed by atoms with Crippen LogP contribution in [0.3, 0.4) is 0 Å². The minimum Gasteiger partial charge on any atom is -0.455 e. The molecule has 0 radical (unpaired) electrons. The maximum atomic E-state index is 11.9. The summed E-state index contributed by atoms with van der Waals surface area (Å²) in [6, 6.07) is 0. The van der Waals surface area contributed by atoms with Gasteiger partial charge in [-0.15, -0.1) is 0 Å². The van der Waals surface area contributed by atoms with E-state index in [4.69, 9.17) is 13.7 Å². The van der Waals surface area contributed by atoms with E-state index in [-0.39, 0.29) is 18.5 Å². The lowest BCUT2D eigenvalue weighted by atomic mass is 9.85. The van der Waals surface area contributed by atoms with Crippen LogP contribution in [0.1, 0.15) is 20.3 Å². The number of ether oxygens (including phenoxy) is 2. The van der Waals surface area contributed by atoms with E-state index in [2.05, 4.69) is 11.9 Å². The van der Waals surface area contributed by atoms with Gasteiger partial charge in [-0.2, -0.15) is 8.42 Å². The molecule has 2 bridgehead atoms. The summed E-state index contributed by atoms with van der Waals surface area (Å²) in [7, 11) is -3.69. The van der Waals surface area contributed by atoms with Crippen LogP contribution in [0.2, 0.25) is 0 Å². The number of rotatable bonds is 4. The van der Waals surface area contributed by atoms with Crippen molar-refractivity contribution in [2.24, 2.45) is 0 Å². The molecule has 9 heteroatoms. The van der Waals surface area contributed by atoms with Gasteiger partial charge in [-0.25, -0.2) is 0 Å². The van der Waals surface area contributed by atoms with E-state index in [1.54, 1.807) is 6.92 Å². The van der Waals surface area contributed by atoms with E-state index in [9.17, 15) is 18.0 Å². The third-order valence-electron chi connectivity index (χ3n) is 4.36. The van der Waals surface area contributed by atoms with Gasteiger partial charge in [0.25, 0.3) is 10.1 Å². The number of fused-ring (bicyclic) bond motifs is 1. The van der Waals surface area contributed by atoms with Gasteiger partial charge in [-0.1, -0.05) is 6.58 Å². The molecule has 5 unspecified atom stereocenters. The lowest BCUT2D eigenvalue weighted by Gasteiger charge is -2.26. The minimum absolute atomic E-state index is 0.241. The molecular weight excluding hydrogens is 314 g/mol. The molecule has 0 aromatic carbocycles. The van der Waals surface area contributed by atoms with Crippen molar-refractivity contribution in [3.63, 3.8) is 0 Å². The number of nitrogens with one attached hydrogen (secondary N) is 1. The van der Waals surface area contributed by atoms with Crippen LogP contribution in [-0.2, 0) is 33.4 Å². The molecule has 3 saturated heterocycles. The molecular formula is C13H17NO7S. The van der Waals surface area contributed by atoms with Crippen LogP contribution in [0, 0.1) is 0 Å². The summed E-state index contributed by atoms with van der Waals surface area (Å²) < 4.78 is 39.8. The fraction of sp³-hybridized carbons (Fsp3) is 0.692. The monoisotopic (exact) mass is 331 g/mol. The molecule has 1 amide bonds. The van der Waals surface area contributed by atoms with E-state index in [0.29, 0.717) is 0 Å². The Morgan fingerprint density at radius 1 is 1.45 bits per heavy atom. The normalized spacial score (nSPS) is 40.5. The van der Waals surface area contributed by atoms with Crippen LogP contribution in [0.25, 0.3) is 0 Å². The summed E-state index contributed by atoms with van der Waals surface area (Å²) in [5.74, 6) is -1.13. The van der Waals surface area contributed by atoms with Gasteiger partial charge in [0.15, 0.2) is 6.10 Å². The number of amides is 1. The molecule has 1 N–H and O–H groups in total. The number of esters is 1. The predicted molar refractivity (Wildman–Crippen MR) is 73.2 cm³/mol. The van der Waals surface area contributed by atoms with Gasteiger partial charge >= 0.3 is 5.97 Å². The number of hydrogen-bond acceptors (Lipinski definition) is 7. The molecule has 3 aliphatic heterocycles. The first kappa shape index (κ1) is 15.4. The molecule has 5 atom stereocenters. The lowest BCUT2D eigenvalue weighted by molar-refractivity contribution is -0.154. The SMILES string of the molecule is C=C(C)C(=O)NCC(=O)OC1C2CC3C(C)(O2)C1OS3(=O)=O. The van der Waals surface area contributed by atoms with Crippen molar-refractivity contribution in [1.29, 1.82) is 0 Å². The van der Waals surface area contributed by atoms with E-state index in [1.807, 2.05) is 0 Å². The molecule has 3 fully saturated rings. The predicted octanol–water partition coefficient (Wildman–Crippen LogP) is -0.751. The molecule has 3 rings (SSSR count). The highest BCUT2D eigenvalue weighted by Gasteiger charge is 2.73. The second kappa shape index (κ2) is 4.77. The van der Waals surface area contributed by atoms with Gasteiger partial charge < -0.3 is 14.8 Å². The summed E-state index contributed by atoms with van der Waals surface area (Å²) in [6.07, 6.45) is -1.88. The van der Waals surface area contributed by atoms with Gasteiger partial charge in [0, 0.05) is 5.57 Å². The topological polar surface area (TPSA) is 108 Å². The molecule has 8 nitrogen and oxygen atoms in total. The van der Waals surface area contributed by atoms with Gasteiger partial charge in [0.1, 0.15) is 23.5 Å². The van der Waals surface area contributed by atoms with Crippen LogP contribution < -0.4 is 5.32 Å². The summed E-state index contributed by atoms with van der Waals surface area (Å²) in [6.45, 7) is 6.30. The van der Waals surface area contributed by atoms with Crippen molar-refractivity contribution in [2.75, 3.05) is 6.54 Å². The van der Waals surface area contributed by atoms with Crippen LogP contribution in [0.4, 0.5) is 0 Å². The van der Waals surface area contributed by atoms with E-state index in [1.165, 1.54) is 6.92 Å². The van der Waals surface area contributed by atoms with Crippen molar-refractivity contribution in [1.82, 2.24) is 5.32 Å². The van der Waals surface area contributed by atoms with Crippen molar-refractivity contribution in [2.45, 2.75) is 49.4 Å². The molecule has 0 aromatic heterocycles. The highest BCUT2D eigenvalue weighted by molar-refractivity contribution is 7.87. The number of carbonyl (C=O) groups is 2. The standard InChI is InChI=1S/C13H17NO7S/c1-6(2)12(16)14-5-9(15)19-10-7-4-8-13(3,20-7)11(10)21-22(8,17)18/h7-8,10-11H,1,4-5H2,2-3H3,(H,14,16). The van der Waals surface area contributed by atoms with Gasteiger partial charge in [-0.3, -0.25) is 13.8 Å². The van der Waals surface area contributed by atoms with Gasteiger partial charge in [0.05, 0.1) is 6.10 Å². The van der Waals surface area contributed by atoms with Crippen LogP contribution in [0.5, 0.6) is 0 Å². The summed E-state index contributed by atoms with van der Waals surface area (Å²) in [4.78, 5) is 23.1. The van der Waals surface area contributed by atoms with Crippen LogP contribution in [0.15, 0.2) is 12.2 Å². The summed E-state index contributed by atoms with van der Waals surface area (Å²) >= 11 is 0. The van der Waals surface area contributed by atoms with Crippen LogP contribution >= 0.6 is 0 Å². The maximum absolute atomic E-state index is 11.9. The van der Waals surface area contributed by atoms with Crippen molar-refractivity contribution < 1.29 is 31.7 Å². The zero-order valence-corrected chi connectivity index (χ0v) is 13.0. The molecule has 122 valence electrons. The second-order valence-corrected chi connectivity index (χ2v) is 7.74. The molecule has 3 aliphatic rings. The van der Waals surface area contributed by atoms with E-state index < -0.39 is 51.2 Å². The largest absolute Gasteiger partial charge is 0.455 e. The maximum Gasteiger partial charge on any atom is 0.325 e. The molecule has 22 heavy (non-hydrogen) atoms. The lowest BCUT2D eigenvalue weighted by Crippen LogP contribution is -2.48. The van der Waals surface area contributed by atoms with Crippen molar-refractivity contribution >= 4 is 22.0 Å². The Bertz CT molecular complexity index is 657.